The Morgan fingerprint density at radius 2 is 1.88 bits per heavy atom. The molecular formula is C19H28IN3O2S. The fourth-order valence-corrected chi connectivity index (χ4v) is 3.57. The van der Waals surface area contributed by atoms with Gasteiger partial charge in [0.2, 0.25) is 0 Å². The van der Waals surface area contributed by atoms with Gasteiger partial charge in [-0.1, -0.05) is 6.07 Å². The van der Waals surface area contributed by atoms with Gasteiger partial charge in [0.25, 0.3) is 0 Å². The van der Waals surface area contributed by atoms with Crippen molar-refractivity contribution in [2.45, 2.75) is 32.9 Å². The number of rotatable bonds is 7. The number of benzene rings is 1. The molecule has 0 aliphatic heterocycles. The van der Waals surface area contributed by atoms with Crippen LogP contribution in [0.15, 0.2) is 35.3 Å². The molecular weight excluding hydrogens is 461 g/mol. The molecule has 0 bridgehead atoms. The number of guanidine groups is 1. The summed E-state index contributed by atoms with van der Waals surface area (Å²) in [6, 6.07) is 10.5. The number of halogens is 1. The van der Waals surface area contributed by atoms with Crippen LogP contribution in [0.4, 0.5) is 0 Å². The Morgan fingerprint density at radius 1 is 1.15 bits per heavy atom. The van der Waals surface area contributed by atoms with Crippen LogP contribution in [0, 0.1) is 6.92 Å². The van der Waals surface area contributed by atoms with Gasteiger partial charge in [0.15, 0.2) is 17.5 Å². The van der Waals surface area contributed by atoms with Crippen LogP contribution in [0.5, 0.6) is 11.5 Å². The SMILES string of the molecule is CN=C(NCc1ccc(OC)c(OC)c1)NC(C)Cc1ccc(C)s1.I. The Labute approximate surface area is 177 Å². The molecule has 0 radical (unpaired) electrons. The second-order valence-corrected chi connectivity index (χ2v) is 7.25. The number of aliphatic imine (C=N–C) groups is 1. The lowest BCUT2D eigenvalue weighted by molar-refractivity contribution is 0.354. The van der Waals surface area contributed by atoms with Crippen LogP contribution >= 0.6 is 35.3 Å². The number of ether oxygens (including phenoxy) is 2. The molecule has 1 heterocycles. The Morgan fingerprint density at radius 3 is 2.46 bits per heavy atom. The Hall–Kier alpha value is -1.48. The number of nitrogens with zero attached hydrogens (tertiary/aromatic N) is 1. The van der Waals surface area contributed by atoms with E-state index in [0.717, 1.165) is 29.4 Å². The summed E-state index contributed by atoms with van der Waals surface area (Å²) < 4.78 is 10.6. The normalized spacial score (nSPS) is 12.1. The van der Waals surface area contributed by atoms with Gasteiger partial charge in [-0.15, -0.1) is 35.3 Å². The van der Waals surface area contributed by atoms with E-state index in [4.69, 9.17) is 9.47 Å². The molecule has 2 aromatic rings. The van der Waals surface area contributed by atoms with Crippen molar-refractivity contribution in [2.75, 3.05) is 21.3 Å². The minimum absolute atomic E-state index is 0. The van der Waals surface area contributed by atoms with E-state index in [1.807, 2.05) is 29.5 Å². The zero-order chi connectivity index (χ0) is 18.2. The molecule has 0 fully saturated rings. The van der Waals surface area contributed by atoms with E-state index in [1.54, 1.807) is 21.3 Å². The van der Waals surface area contributed by atoms with Gasteiger partial charge >= 0.3 is 0 Å². The molecule has 7 heteroatoms. The van der Waals surface area contributed by atoms with Crippen LogP contribution in [0.3, 0.4) is 0 Å². The Bertz CT molecular complexity index is 719. The number of methoxy groups -OCH3 is 2. The zero-order valence-corrected chi connectivity index (χ0v) is 19.1. The summed E-state index contributed by atoms with van der Waals surface area (Å²) in [4.78, 5) is 7.04. The molecule has 0 spiro atoms. The number of thiophene rings is 1. The van der Waals surface area contributed by atoms with Crippen LogP contribution in [0.25, 0.3) is 0 Å². The van der Waals surface area contributed by atoms with Crippen molar-refractivity contribution < 1.29 is 9.47 Å². The summed E-state index contributed by atoms with van der Waals surface area (Å²) in [5, 5.41) is 6.78. The van der Waals surface area contributed by atoms with E-state index in [-0.39, 0.29) is 24.0 Å². The number of nitrogens with one attached hydrogen (secondary N) is 2. The van der Waals surface area contributed by atoms with E-state index in [2.05, 4.69) is 41.6 Å². The lowest BCUT2D eigenvalue weighted by atomic mass is 10.2. The van der Waals surface area contributed by atoms with Crippen LogP contribution in [-0.4, -0.2) is 33.3 Å². The van der Waals surface area contributed by atoms with Gasteiger partial charge in [0.05, 0.1) is 14.2 Å². The third-order valence-corrected chi connectivity index (χ3v) is 4.84. The largest absolute Gasteiger partial charge is 0.493 e. The topological polar surface area (TPSA) is 54.9 Å². The maximum absolute atomic E-state index is 5.35. The third-order valence-electron chi connectivity index (χ3n) is 3.82. The van der Waals surface area contributed by atoms with E-state index in [1.165, 1.54) is 9.75 Å². The summed E-state index contributed by atoms with van der Waals surface area (Å²) in [5.41, 5.74) is 1.10. The Kier molecular flexibility index (Phi) is 9.79. The molecule has 2 rings (SSSR count). The molecule has 0 saturated heterocycles. The first-order valence-corrected chi connectivity index (χ1v) is 9.10. The van der Waals surface area contributed by atoms with E-state index in [9.17, 15) is 0 Å². The number of hydrogen-bond acceptors (Lipinski definition) is 4. The van der Waals surface area contributed by atoms with Gasteiger partial charge in [0, 0.05) is 35.8 Å². The van der Waals surface area contributed by atoms with Crippen molar-refractivity contribution in [3.8, 4) is 11.5 Å². The highest BCUT2D eigenvalue weighted by Crippen LogP contribution is 2.27. The average Bonchev–Trinajstić information content (AvgIpc) is 3.02. The summed E-state index contributed by atoms with van der Waals surface area (Å²) >= 11 is 1.84. The summed E-state index contributed by atoms with van der Waals surface area (Å²) in [5.74, 6) is 2.25. The molecule has 1 aromatic heterocycles. The highest BCUT2D eigenvalue weighted by molar-refractivity contribution is 14.0. The molecule has 1 unspecified atom stereocenters. The quantitative estimate of drug-likeness (QED) is 0.351. The van der Waals surface area contributed by atoms with Crippen molar-refractivity contribution in [3.63, 3.8) is 0 Å². The van der Waals surface area contributed by atoms with Crippen LogP contribution < -0.4 is 20.1 Å². The van der Waals surface area contributed by atoms with Crippen LogP contribution in [0.2, 0.25) is 0 Å². The van der Waals surface area contributed by atoms with Gasteiger partial charge in [-0.3, -0.25) is 4.99 Å². The molecule has 1 atom stereocenters. The zero-order valence-electron chi connectivity index (χ0n) is 16.0. The van der Waals surface area contributed by atoms with Crippen molar-refractivity contribution in [3.05, 3.63) is 45.6 Å². The molecule has 144 valence electrons. The molecule has 26 heavy (non-hydrogen) atoms. The highest BCUT2D eigenvalue weighted by atomic mass is 127. The fourth-order valence-electron chi connectivity index (χ4n) is 2.55. The number of hydrogen-bond donors (Lipinski definition) is 2. The fraction of sp³-hybridized carbons (Fsp3) is 0.421. The first-order chi connectivity index (χ1) is 12.0. The van der Waals surface area contributed by atoms with Gasteiger partial charge in [-0.05, 0) is 43.7 Å². The van der Waals surface area contributed by atoms with E-state index in [0.29, 0.717) is 12.6 Å². The molecule has 0 amide bonds. The lowest BCUT2D eigenvalue weighted by Crippen LogP contribution is -2.42. The second kappa shape index (κ2) is 11.3. The van der Waals surface area contributed by atoms with E-state index >= 15 is 0 Å². The minimum atomic E-state index is 0. The summed E-state index contributed by atoms with van der Waals surface area (Å²) in [6.45, 7) is 4.96. The summed E-state index contributed by atoms with van der Waals surface area (Å²) in [6.07, 6.45) is 0.982. The highest BCUT2D eigenvalue weighted by Gasteiger charge is 2.09. The molecule has 1 aromatic carbocycles. The molecule has 2 N–H and O–H groups in total. The van der Waals surface area contributed by atoms with Gasteiger partial charge < -0.3 is 20.1 Å². The predicted molar refractivity (Wildman–Crippen MR) is 121 cm³/mol. The maximum Gasteiger partial charge on any atom is 0.191 e. The molecule has 0 saturated carbocycles. The monoisotopic (exact) mass is 489 g/mol. The standard InChI is InChI=1S/C19H27N3O2S.HI/c1-13(10-16-8-6-14(2)25-16)22-19(20-3)21-12-15-7-9-17(23-4)18(11-15)24-5;/h6-9,11,13H,10,12H2,1-5H3,(H2,20,21,22);1H. The summed E-state index contributed by atoms with van der Waals surface area (Å²) in [7, 11) is 5.06. The Balaban J connectivity index is 0.00000338. The third kappa shape index (κ3) is 6.68. The van der Waals surface area contributed by atoms with Crippen LogP contribution in [-0.2, 0) is 13.0 Å². The first kappa shape index (κ1) is 22.6. The molecule has 0 aliphatic rings. The van der Waals surface area contributed by atoms with Gasteiger partial charge in [-0.2, -0.15) is 0 Å². The maximum atomic E-state index is 5.35. The lowest BCUT2D eigenvalue weighted by Gasteiger charge is -2.18. The predicted octanol–water partition coefficient (Wildman–Crippen LogP) is 3.99. The van der Waals surface area contributed by atoms with Crippen LogP contribution in [0.1, 0.15) is 22.2 Å². The average molecular weight is 489 g/mol. The molecule has 0 aliphatic carbocycles. The van der Waals surface area contributed by atoms with Crippen molar-refractivity contribution in [2.24, 2.45) is 4.99 Å². The van der Waals surface area contributed by atoms with Gasteiger partial charge in [-0.25, -0.2) is 0 Å². The molecule has 5 nitrogen and oxygen atoms in total. The smallest absolute Gasteiger partial charge is 0.191 e. The number of aryl methyl sites for hydroxylation is 1. The van der Waals surface area contributed by atoms with Crippen molar-refractivity contribution in [1.82, 2.24) is 10.6 Å². The van der Waals surface area contributed by atoms with Crippen molar-refractivity contribution >= 4 is 41.3 Å². The van der Waals surface area contributed by atoms with Gasteiger partial charge in [0.1, 0.15) is 0 Å². The first-order valence-electron chi connectivity index (χ1n) is 8.29. The minimum Gasteiger partial charge on any atom is -0.493 e. The second-order valence-electron chi connectivity index (χ2n) is 5.88. The van der Waals surface area contributed by atoms with E-state index < -0.39 is 0 Å². The van der Waals surface area contributed by atoms with Crippen molar-refractivity contribution in [1.29, 1.82) is 0 Å².